The van der Waals surface area contributed by atoms with Crippen molar-refractivity contribution in [3.8, 4) is 5.75 Å². The maximum absolute atomic E-state index is 13.1. The maximum Gasteiger partial charge on any atom is 0.234 e. The third-order valence-corrected chi connectivity index (χ3v) is 5.22. The average molecular weight is 325 g/mol. The van der Waals surface area contributed by atoms with Crippen LogP contribution in [0.4, 0.5) is 0 Å². The van der Waals surface area contributed by atoms with Gasteiger partial charge in [0.15, 0.2) is 5.82 Å². The third-order valence-electron chi connectivity index (χ3n) is 5.22. The van der Waals surface area contributed by atoms with Gasteiger partial charge in [0.05, 0.1) is 6.04 Å². The molecule has 2 aliphatic heterocycles. The van der Waals surface area contributed by atoms with Crippen LogP contribution in [-0.4, -0.2) is 34.1 Å². The highest BCUT2D eigenvalue weighted by molar-refractivity contribution is 5.86. The van der Waals surface area contributed by atoms with E-state index in [0.717, 1.165) is 49.4 Å². The van der Waals surface area contributed by atoms with Gasteiger partial charge in [-0.1, -0.05) is 23.4 Å². The van der Waals surface area contributed by atoms with E-state index in [1.807, 2.05) is 29.2 Å². The molecule has 0 spiro atoms. The Hall–Kier alpha value is -2.37. The number of hydrogen-bond acceptors (Lipinski definition) is 5. The Morgan fingerprint density at radius 1 is 1.21 bits per heavy atom. The van der Waals surface area contributed by atoms with Gasteiger partial charge < -0.3 is 14.2 Å². The van der Waals surface area contributed by atoms with Crippen molar-refractivity contribution < 1.29 is 14.1 Å². The van der Waals surface area contributed by atoms with Gasteiger partial charge in [-0.05, 0) is 31.7 Å². The lowest BCUT2D eigenvalue weighted by molar-refractivity contribution is -0.134. The predicted molar refractivity (Wildman–Crippen MR) is 84.6 cm³/mol. The van der Waals surface area contributed by atoms with Gasteiger partial charge in [-0.2, -0.15) is 4.98 Å². The molecular formula is C18H19N3O3. The first-order chi connectivity index (χ1) is 11.8. The second-order valence-electron chi connectivity index (χ2n) is 6.86. The summed E-state index contributed by atoms with van der Waals surface area (Å²) in [6.45, 7) is 1.16. The molecule has 3 aliphatic rings. The van der Waals surface area contributed by atoms with Gasteiger partial charge in [-0.3, -0.25) is 4.79 Å². The Kier molecular flexibility index (Phi) is 3.11. The summed E-state index contributed by atoms with van der Waals surface area (Å²) in [6.07, 6.45) is 4.12. The van der Waals surface area contributed by atoms with Crippen molar-refractivity contribution in [1.29, 1.82) is 0 Å². The quantitative estimate of drug-likeness (QED) is 0.868. The number of aromatic nitrogens is 2. The predicted octanol–water partition coefficient (Wildman–Crippen LogP) is 2.79. The highest BCUT2D eigenvalue weighted by Crippen LogP contribution is 2.41. The highest BCUT2D eigenvalue weighted by atomic mass is 16.5. The number of amides is 1. The summed E-state index contributed by atoms with van der Waals surface area (Å²) in [5.74, 6) is 2.54. The van der Waals surface area contributed by atoms with Crippen LogP contribution in [0, 0.1) is 0 Å². The minimum Gasteiger partial charge on any atom is -0.492 e. The molecule has 0 bridgehead atoms. The lowest BCUT2D eigenvalue weighted by atomic mass is 9.99. The maximum atomic E-state index is 13.1. The van der Waals surface area contributed by atoms with E-state index >= 15 is 0 Å². The van der Waals surface area contributed by atoms with E-state index in [4.69, 9.17) is 9.26 Å². The zero-order valence-corrected chi connectivity index (χ0v) is 13.4. The summed E-state index contributed by atoms with van der Waals surface area (Å²) in [5.41, 5.74) is 0.986. The molecule has 2 atom stereocenters. The Morgan fingerprint density at radius 2 is 2.08 bits per heavy atom. The van der Waals surface area contributed by atoms with Crippen LogP contribution >= 0.6 is 0 Å². The Bertz CT molecular complexity index is 783. The fourth-order valence-corrected chi connectivity index (χ4v) is 3.74. The first-order valence-corrected chi connectivity index (χ1v) is 8.67. The molecule has 5 rings (SSSR count). The largest absolute Gasteiger partial charge is 0.492 e. The normalized spacial score (nSPS) is 25.6. The SMILES string of the molecule is O=C([C@H]1COc2ccccc21)N1CCC[C@@H]1c1noc(C2CC2)n1. The minimum absolute atomic E-state index is 0.0680. The van der Waals surface area contributed by atoms with Gasteiger partial charge in [0, 0.05) is 18.0 Å². The summed E-state index contributed by atoms with van der Waals surface area (Å²) in [7, 11) is 0. The Labute approximate surface area is 139 Å². The molecule has 1 saturated carbocycles. The minimum atomic E-state index is -0.225. The fraction of sp³-hybridized carbons (Fsp3) is 0.500. The average Bonchev–Trinajstić information content (AvgIpc) is 3.06. The summed E-state index contributed by atoms with van der Waals surface area (Å²) >= 11 is 0. The summed E-state index contributed by atoms with van der Waals surface area (Å²) in [6, 6.07) is 7.72. The van der Waals surface area contributed by atoms with E-state index in [0.29, 0.717) is 18.3 Å². The monoisotopic (exact) mass is 325 g/mol. The van der Waals surface area contributed by atoms with E-state index < -0.39 is 0 Å². The first-order valence-electron chi connectivity index (χ1n) is 8.67. The molecule has 3 heterocycles. The molecule has 1 aromatic heterocycles. The van der Waals surface area contributed by atoms with Crippen molar-refractivity contribution in [3.05, 3.63) is 41.5 Å². The molecule has 6 heteroatoms. The lowest BCUT2D eigenvalue weighted by Crippen LogP contribution is -2.35. The number of fused-ring (bicyclic) bond motifs is 1. The fourth-order valence-electron chi connectivity index (χ4n) is 3.74. The summed E-state index contributed by atoms with van der Waals surface area (Å²) in [5, 5.41) is 4.15. The molecule has 6 nitrogen and oxygen atoms in total. The van der Waals surface area contributed by atoms with Crippen molar-refractivity contribution in [1.82, 2.24) is 15.0 Å². The number of ether oxygens (including phenoxy) is 1. The van der Waals surface area contributed by atoms with Gasteiger partial charge in [-0.15, -0.1) is 0 Å². The standard InChI is InChI=1S/C18H19N3O3/c22-18(13-10-23-15-6-2-1-4-12(13)15)21-9-3-5-14(21)16-19-17(24-20-16)11-7-8-11/h1-2,4,6,11,13-14H,3,5,7-10H2/t13-,14+/m0/s1. The number of para-hydroxylation sites is 1. The van der Waals surface area contributed by atoms with Crippen LogP contribution in [-0.2, 0) is 4.79 Å². The van der Waals surface area contributed by atoms with Crippen LogP contribution in [0.3, 0.4) is 0 Å². The van der Waals surface area contributed by atoms with Crippen LogP contribution in [0.5, 0.6) is 5.75 Å². The number of rotatable bonds is 3. The molecule has 2 aromatic rings. The molecule has 1 amide bonds. The molecule has 124 valence electrons. The number of carbonyl (C=O) groups is 1. The first kappa shape index (κ1) is 14.0. The van der Waals surface area contributed by atoms with E-state index in [9.17, 15) is 4.79 Å². The van der Waals surface area contributed by atoms with Crippen LogP contribution < -0.4 is 4.74 Å². The Balaban J connectivity index is 1.40. The number of hydrogen-bond donors (Lipinski definition) is 0. The van der Waals surface area contributed by atoms with E-state index in [1.165, 1.54) is 0 Å². The van der Waals surface area contributed by atoms with Crippen molar-refractivity contribution >= 4 is 5.91 Å². The van der Waals surface area contributed by atoms with E-state index in [2.05, 4.69) is 10.1 Å². The van der Waals surface area contributed by atoms with Gasteiger partial charge >= 0.3 is 0 Å². The summed E-state index contributed by atoms with van der Waals surface area (Å²) in [4.78, 5) is 19.6. The van der Waals surface area contributed by atoms with Crippen molar-refractivity contribution in [2.75, 3.05) is 13.2 Å². The number of benzene rings is 1. The van der Waals surface area contributed by atoms with Gasteiger partial charge in [0.1, 0.15) is 18.3 Å². The van der Waals surface area contributed by atoms with Crippen LogP contribution in [0.25, 0.3) is 0 Å². The molecule has 1 aromatic carbocycles. The molecule has 0 N–H and O–H groups in total. The number of likely N-dealkylation sites (tertiary alicyclic amines) is 1. The third kappa shape index (κ3) is 2.20. The van der Waals surface area contributed by atoms with Crippen LogP contribution in [0.15, 0.2) is 28.8 Å². The van der Waals surface area contributed by atoms with Crippen LogP contribution in [0.1, 0.15) is 60.8 Å². The molecule has 0 unspecified atom stereocenters. The van der Waals surface area contributed by atoms with E-state index in [1.54, 1.807) is 0 Å². The second-order valence-corrected chi connectivity index (χ2v) is 6.86. The molecular weight excluding hydrogens is 306 g/mol. The van der Waals surface area contributed by atoms with Crippen molar-refractivity contribution in [2.24, 2.45) is 0 Å². The van der Waals surface area contributed by atoms with Crippen molar-refractivity contribution in [2.45, 2.75) is 43.6 Å². The zero-order chi connectivity index (χ0) is 16.1. The zero-order valence-electron chi connectivity index (χ0n) is 13.4. The Morgan fingerprint density at radius 3 is 2.96 bits per heavy atom. The molecule has 24 heavy (non-hydrogen) atoms. The van der Waals surface area contributed by atoms with Gasteiger partial charge in [0.25, 0.3) is 0 Å². The molecule has 2 fully saturated rings. The van der Waals surface area contributed by atoms with E-state index in [-0.39, 0.29) is 17.9 Å². The smallest absolute Gasteiger partial charge is 0.234 e. The molecule has 1 saturated heterocycles. The van der Waals surface area contributed by atoms with Gasteiger partial charge in [-0.25, -0.2) is 0 Å². The number of carbonyl (C=O) groups excluding carboxylic acids is 1. The second kappa shape index (κ2) is 5.33. The summed E-state index contributed by atoms with van der Waals surface area (Å²) < 4.78 is 11.1. The number of nitrogens with zero attached hydrogens (tertiary/aromatic N) is 3. The molecule has 1 aliphatic carbocycles. The topological polar surface area (TPSA) is 68.5 Å². The van der Waals surface area contributed by atoms with Gasteiger partial charge in [0.2, 0.25) is 11.8 Å². The van der Waals surface area contributed by atoms with Crippen molar-refractivity contribution in [3.63, 3.8) is 0 Å². The molecule has 0 radical (unpaired) electrons. The highest BCUT2D eigenvalue weighted by Gasteiger charge is 2.40. The van der Waals surface area contributed by atoms with Crippen LogP contribution in [0.2, 0.25) is 0 Å². The lowest BCUT2D eigenvalue weighted by Gasteiger charge is -2.25.